The summed E-state index contributed by atoms with van der Waals surface area (Å²) < 4.78 is 0. The Morgan fingerprint density at radius 3 is 2.26 bits per heavy atom. The number of aromatic nitrogens is 2. The Labute approximate surface area is 141 Å². The number of thioether (sulfide) groups is 1. The molecule has 2 N–H and O–H groups in total. The van der Waals surface area contributed by atoms with Crippen molar-refractivity contribution < 1.29 is 14.7 Å². The normalized spacial score (nSPS) is 13.4. The predicted octanol–water partition coefficient (Wildman–Crippen LogP) is 2.36. The first-order valence-corrected chi connectivity index (χ1v) is 8.92. The van der Waals surface area contributed by atoms with E-state index in [0.717, 1.165) is 22.1 Å². The van der Waals surface area contributed by atoms with Gasteiger partial charge < -0.3 is 10.4 Å². The Kier molecular flexibility index (Phi) is 7.48. The quantitative estimate of drug-likeness (QED) is 0.558. The van der Waals surface area contributed by atoms with E-state index in [1.165, 1.54) is 11.8 Å². The zero-order valence-electron chi connectivity index (χ0n) is 14.3. The van der Waals surface area contributed by atoms with E-state index >= 15 is 0 Å². The monoisotopic (exact) mass is 339 g/mol. The van der Waals surface area contributed by atoms with E-state index in [2.05, 4.69) is 15.3 Å². The van der Waals surface area contributed by atoms with E-state index in [9.17, 15) is 14.7 Å². The maximum atomic E-state index is 12.1. The summed E-state index contributed by atoms with van der Waals surface area (Å²) in [6, 6.07) is -0.843. The number of aliphatic carboxylic acids is 1. The SMILES string of the molecule is CCC(C)C(NC(=O)CCc1c(C)nc(SC)nc1C)C(=O)O. The number of nitrogens with zero attached hydrogens (tertiary/aromatic N) is 2. The van der Waals surface area contributed by atoms with Crippen molar-refractivity contribution in [1.29, 1.82) is 0 Å². The second-order valence-corrected chi connectivity index (χ2v) is 6.40. The van der Waals surface area contributed by atoms with Crippen molar-refractivity contribution in [2.45, 2.75) is 58.2 Å². The summed E-state index contributed by atoms with van der Waals surface area (Å²) in [5, 5.41) is 12.6. The fraction of sp³-hybridized carbons (Fsp3) is 0.625. The van der Waals surface area contributed by atoms with Crippen LogP contribution < -0.4 is 5.32 Å². The number of carboxylic acids is 1. The third kappa shape index (κ3) is 5.49. The molecular weight excluding hydrogens is 314 g/mol. The van der Waals surface area contributed by atoms with Gasteiger partial charge in [0.05, 0.1) is 0 Å². The molecule has 0 aliphatic carbocycles. The van der Waals surface area contributed by atoms with E-state index < -0.39 is 12.0 Å². The Morgan fingerprint density at radius 2 is 1.83 bits per heavy atom. The topological polar surface area (TPSA) is 92.2 Å². The molecule has 0 radical (unpaired) electrons. The summed E-state index contributed by atoms with van der Waals surface area (Å²) in [6.45, 7) is 7.54. The van der Waals surface area contributed by atoms with Crippen molar-refractivity contribution in [2.24, 2.45) is 5.92 Å². The number of nitrogens with one attached hydrogen (secondary N) is 1. The minimum absolute atomic E-state index is 0.107. The number of aryl methyl sites for hydroxylation is 2. The standard InChI is InChI=1S/C16H25N3O3S/c1-6-9(2)14(15(21)22)19-13(20)8-7-12-10(3)17-16(23-5)18-11(12)4/h9,14H,6-8H2,1-5H3,(H,19,20)(H,21,22). The van der Waals surface area contributed by atoms with Crippen LogP contribution in [-0.2, 0) is 16.0 Å². The maximum absolute atomic E-state index is 12.1. The van der Waals surface area contributed by atoms with Crippen LogP contribution in [0.1, 0.15) is 43.6 Å². The minimum Gasteiger partial charge on any atom is -0.480 e. The molecule has 1 amide bonds. The van der Waals surface area contributed by atoms with Crippen LogP contribution in [0, 0.1) is 19.8 Å². The molecule has 0 aromatic carbocycles. The smallest absolute Gasteiger partial charge is 0.326 e. The Hall–Kier alpha value is -1.63. The van der Waals surface area contributed by atoms with Crippen molar-refractivity contribution in [2.75, 3.05) is 6.26 Å². The molecule has 1 aromatic rings. The van der Waals surface area contributed by atoms with Crippen LogP contribution in [0.15, 0.2) is 5.16 Å². The third-order valence-corrected chi connectivity index (χ3v) is 4.53. The van der Waals surface area contributed by atoms with Gasteiger partial charge in [-0.05, 0) is 38.0 Å². The fourth-order valence-corrected chi connectivity index (χ4v) is 2.79. The van der Waals surface area contributed by atoms with Crippen molar-refractivity contribution in [3.8, 4) is 0 Å². The van der Waals surface area contributed by atoms with Gasteiger partial charge in [-0.2, -0.15) is 0 Å². The molecule has 0 bridgehead atoms. The van der Waals surface area contributed by atoms with E-state index in [0.29, 0.717) is 12.8 Å². The van der Waals surface area contributed by atoms with Gasteiger partial charge in [0.2, 0.25) is 5.91 Å². The van der Waals surface area contributed by atoms with Crippen LogP contribution in [0.3, 0.4) is 0 Å². The Bertz CT molecular complexity index is 555. The van der Waals surface area contributed by atoms with Crippen molar-refractivity contribution in [3.05, 3.63) is 17.0 Å². The first-order valence-electron chi connectivity index (χ1n) is 7.70. The van der Waals surface area contributed by atoms with Gasteiger partial charge in [0.15, 0.2) is 5.16 Å². The van der Waals surface area contributed by atoms with Crippen molar-refractivity contribution in [3.63, 3.8) is 0 Å². The van der Waals surface area contributed by atoms with Crippen LogP contribution in [0.5, 0.6) is 0 Å². The lowest BCUT2D eigenvalue weighted by Crippen LogP contribution is -2.45. The molecule has 2 unspecified atom stereocenters. The van der Waals surface area contributed by atoms with Gasteiger partial charge in [0, 0.05) is 17.8 Å². The molecule has 1 aromatic heterocycles. The summed E-state index contributed by atoms with van der Waals surface area (Å²) in [4.78, 5) is 32.1. The van der Waals surface area contributed by atoms with Crippen molar-refractivity contribution >= 4 is 23.6 Å². The van der Waals surface area contributed by atoms with Gasteiger partial charge in [-0.25, -0.2) is 14.8 Å². The van der Waals surface area contributed by atoms with E-state index in [-0.39, 0.29) is 18.2 Å². The van der Waals surface area contributed by atoms with E-state index in [1.807, 2.05) is 34.0 Å². The predicted molar refractivity (Wildman–Crippen MR) is 90.6 cm³/mol. The van der Waals surface area contributed by atoms with Crippen LogP contribution in [0.25, 0.3) is 0 Å². The number of hydrogen-bond acceptors (Lipinski definition) is 5. The van der Waals surface area contributed by atoms with Crippen LogP contribution in [-0.4, -0.2) is 39.2 Å². The largest absolute Gasteiger partial charge is 0.480 e. The molecule has 0 aliphatic rings. The van der Waals surface area contributed by atoms with E-state index in [4.69, 9.17) is 0 Å². The third-order valence-electron chi connectivity index (χ3n) is 3.98. The van der Waals surface area contributed by atoms with Gasteiger partial charge in [-0.3, -0.25) is 4.79 Å². The van der Waals surface area contributed by atoms with Gasteiger partial charge in [-0.15, -0.1) is 0 Å². The minimum atomic E-state index is -0.993. The average Bonchev–Trinajstić information content (AvgIpc) is 2.50. The first-order chi connectivity index (χ1) is 10.8. The molecule has 0 aliphatic heterocycles. The molecule has 2 atom stereocenters. The van der Waals surface area contributed by atoms with Gasteiger partial charge in [0.1, 0.15) is 6.04 Å². The molecule has 0 saturated carbocycles. The highest BCUT2D eigenvalue weighted by atomic mass is 32.2. The number of carbonyl (C=O) groups is 2. The lowest BCUT2D eigenvalue weighted by molar-refractivity contribution is -0.143. The Balaban J connectivity index is 2.71. The molecule has 7 heteroatoms. The molecule has 6 nitrogen and oxygen atoms in total. The number of rotatable bonds is 8. The molecule has 0 saturated heterocycles. The lowest BCUT2D eigenvalue weighted by Gasteiger charge is -2.20. The molecule has 1 rings (SSSR count). The van der Waals surface area contributed by atoms with Gasteiger partial charge in [0.25, 0.3) is 0 Å². The number of hydrogen-bond donors (Lipinski definition) is 2. The molecular formula is C16H25N3O3S. The van der Waals surface area contributed by atoms with Gasteiger partial charge >= 0.3 is 5.97 Å². The summed E-state index contributed by atoms with van der Waals surface area (Å²) >= 11 is 1.48. The van der Waals surface area contributed by atoms with Gasteiger partial charge in [-0.1, -0.05) is 32.0 Å². The summed E-state index contributed by atoms with van der Waals surface area (Å²) in [5.74, 6) is -1.36. The number of carboxylic acid groups (broad SMARTS) is 1. The zero-order chi connectivity index (χ0) is 17.6. The van der Waals surface area contributed by atoms with E-state index in [1.54, 1.807) is 0 Å². The highest BCUT2D eigenvalue weighted by Gasteiger charge is 2.25. The molecule has 0 fully saturated rings. The Morgan fingerprint density at radius 1 is 1.26 bits per heavy atom. The first kappa shape index (κ1) is 19.4. The highest BCUT2D eigenvalue weighted by molar-refractivity contribution is 7.98. The second kappa shape index (κ2) is 8.86. The summed E-state index contributed by atoms with van der Waals surface area (Å²) in [6.07, 6.45) is 3.34. The van der Waals surface area contributed by atoms with Crippen LogP contribution in [0.2, 0.25) is 0 Å². The fourth-order valence-electron chi connectivity index (χ4n) is 2.33. The zero-order valence-corrected chi connectivity index (χ0v) is 15.2. The second-order valence-electron chi connectivity index (χ2n) is 5.63. The average molecular weight is 339 g/mol. The molecule has 1 heterocycles. The molecule has 128 valence electrons. The molecule has 0 spiro atoms. The van der Waals surface area contributed by atoms with Crippen LogP contribution in [0.4, 0.5) is 0 Å². The number of carbonyl (C=O) groups excluding carboxylic acids is 1. The highest BCUT2D eigenvalue weighted by Crippen LogP contribution is 2.17. The maximum Gasteiger partial charge on any atom is 0.326 e. The summed E-state index contributed by atoms with van der Waals surface area (Å²) in [5.41, 5.74) is 2.69. The lowest BCUT2D eigenvalue weighted by atomic mass is 9.99. The summed E-state index contributed by atoms with van der Waals surface area (Å²) in [7, 11) is 0. The molecule has 23 heavy (non-hydrogen) atoms. The van der Waals surface area contributed by atoms with Crippen LogP contribution >= 0.6 is 11.8 Å². The van der Waals surface area contributed by atoms with Crippen molar-refractivity contribution in [1.82, 2.24) is 15.3 Å². The number of amides is 1.